The third kappa shape index (κ3) is 4.21. The summed E-state index contributed by atoms with van der Waals surface area (Å²) in [5.74, 6) is -0.364. The predicted molar refractivity (Wildman–Crippen MR) is 93.4 cm³/mol. The van der Waals surface area contributed by atoms with E-state index in [0.29, 0.717) is 25.2 Å². The second kappa shape index (κ2) is 7.44. The molecule has 1 aromatic carbocycles. The van der Waals surface area contributed by atoms with Gasteiger partial charge >= 0.3 is 0 Å². The van der Waals surface area contributed by atoms with E-state index in [-0.39, 0.29) is 23.6 Å². The average molecular weight is 394 g/mol. The summed E-state index contributed by atoms with van der Waals surface area (Å²) in [5.41, 5.74) is 1.59. The maximum absolute atomic E-state index is 12.1. The maximum Gasteiger partial charge on any atom is 0.234 e. The minimum atomic E-state index is -0.296. The highest BCUT2D eigenvalue weighted by Crippen LogP contribution is 2.26. The number of rotatable bonds is 4. The van der Waals surface area contributed by atoms with E-state index in [0.717, 1.165) is 30.8 Å². The fourth-order valence-electron chi connectivity index (χ4n) is 3.24. The summed E-state index contributed by atoms with van der Waals surface area (Å²) in [6.07, 6.45) is 2.42. The third-order valence-corrected chi connectivity index (χ3v) is 5.19. The van der Waals surface area contributed by atoms with Gasteiger partial charge in [-0.3, -0.25) is 19.7 Å². The fourth-order valence-corrected chi connectivity index (χ4v) is 3.85. The van der Waals surface area contributed by atoms with E-state index in [1.54, 1.807) is 0 Å². The van der Waals surface area contributed by atoms with Crippen molar-refractivity contribution in [2.24, 2.45) is 5.92 Å². The lowest BCUT2D eigenvalue weighted by Crippen LogP contribution is -2.39. The molecule has 2 aliphatic rings. The average Bonchev–Trinajstić information content (AvgIpc) is 2.93. The number of imide groups is 1. The normalized spacial score (nSPS) is 24.7. The molecular formula is C17H20BrN3O3. The highest BCUT2D eigenvalue weighted by atomic mass is 79.9. The van der Waals surface area contributed by atoms with Crippen LogP contribution in [0.15, 0.2) is 24.3 Å². The van der Waals surface area contributed by atoms with Gasteiger partial charge in [-0.25, -0.2) is 3.93 Å². The third-order valence-electron chi connectivity index (χ3n) is 4.55. The molecule has 2 atom stereocenters. The van der Waals surface area contributed by atoms with E-state index in [2.05, 4.69) is 30.7 Å². The van der Waals surface area contributed by atoms with Crippen LogP contribution in [-0.4, -0.2) is 34.7 Å². The number of benzene rings is 1. The molecule has 7 heteroatoms. The highest BCUT2D eigenvalue weighted by Gasteiger charge is 2.28. The molecule has 0 spiro atoms. The lowest BCUT2D eigenvalue weighted by atomic mass is 9.90. The Morgan fingerprint density at radius 3 is 2.62 bits per heavy atom. The fraction of sp³-hybridized carbons (Fsp3) is 0.471. The van der Waals surface area contributed by atoms with E-state index >= 15 is 0 Å². The van der Waals surface area contributed by atoms with Crippen molar-refractivity contribution in [2.45, 2.75) is 31.6 Å². The first-order valence-electron chi connectivity index (χ1n) is 8.15. The summed E-state index contributed by atoms with van der Waals surface area (Å²) in [6, 6.07) is 7.29. The molecule has 1 aromatic rings. The number of nitrogens with one attached hydrogen (secondary N) is 2. The first kappa shape index (κ1) is 17.1. The molecule has 2 aliphatic heterocycles. The van der Waals surface area contributed by atoms with Crippen molar-refractivity contribution in [3.63, 3.8) is 0 Å². The molecule has 128 valence electrons. The standard InChI is InChI=1S/C17H20BrN3O3/c18-21-8-7-11(10-21)9-16(23)19-13-3-1-12(2-4-13)14-5-6-15(22)20-17(14)24/h1-4,11,14H,5-10H2,(H,19,23)(H,20,22,24)/t11-,14?/m0/s1. The Morgan fingerprint density at radius 2 is 2.00 bits per heavy atom. The maximum atomic E-state index is 12.1. The van der Waals surface area contributed by atoms with Gasteiger partial charge in [-0.1, -0.05) is 12.1 Å². The van der Waals surface area contributed by atoms with Crippen LogP contribution in [-0.2, 0) is 14.4 Å². The second-order valence-electron chi connectivity index (χ2n) is 6.40. The molecule has 0 aliphatic carbocycles. The van der Waals surface area contributed by atoms with Gasteiger partial charge in [0, 0.05) is 47.8 Å². The summed E-state index contributed by atoms with van der Waals surface area (Å²) < 4.78 is 2.06. The molecule has 0 radical (unpaired) electrons. The monoisotopic (exact) mass is 393 g/mol. The van der Waals surface area contributed by atoms with Crippen LogP contribution in [0.5, 0.6) is 0 Å². The zero-order valence-corrected chi connectivity index (χ0v) is 14.8. The first-order valence-corrected chi connectivity index (χ1v) is 8.86. The molecule has 3 rings (SSSR count). The van der Waals surface area contributed by atoms with Crippen molar-refractivity contribution in [2.75, 3.05) is 18.4 Å². The topological polar surface area (TPSA) is 78.5 Å². The van der Waals surface area contributed by atoms with Crippen LogP contribution in [0.2, 0.25) is 0 Å². The van der Waals surface area contributed by atoms with Gasteiger partial charge in [-0.15, -0.1) is 0 Å². The minimum absolute atomic E-state index is 0.0107. The molecule has 24 heavy (non-hydrogen) atoms. The minimum Gasteiger partial charge on any atom is -0.326 e. The summed E-state index contributed by atoms with van der Waals surface area (Å²) in [7, 11) is 0. The van der Waals surface area contributed by atoms with Crippen molar-refractivity contribution in [3.05, 3.63) is 29.8 Å². The van der Waals surface area contributed by atoms with Gasteiger partial charge in [0.2, 0.25) is 17.7 Å². The number of carbonyl (C=O) groups is 3. The number of hydrogen-bond donors (Lipinski definition) is 2. The Balaban J connectivity index is 1.55. The van der Waals surface area contributed by atoms with Gasteiger partial charge in [0.15, 0.2) is 0 Å². The van der Waals surface area contributed by atoms with Gasteiger partial charge in [0.25, 0.3) is 0 Å². The molecule has 0 bridgehead atoms. The SMILES string of the molecule is O=C1CCC(c2ccc(NC(=O)C[C@@H]3CCN(Br)C3)cc2)C(=O)N1. The number of amides is 3. The summed E-state index contributed by atoms with van der Waals surface area (Å²) >= 11 is 3.44. The van der Waals surface area contributed by atoms with Crippen LogP contribution in [0.4, 0.5) is 5.69 Å². The van der Waals surface area contributed by atoms with Crippen LogP contribution in [0.25, 0.3) is 0 Å². The lowest BCUT2D eigenvalue weighted by Gasteiger charge is -2.21. The van der Waals surface area contributed by atoms with E-state index in [1.165, 1.54) is 0 Å². The number of halogens is 1. The summed E-state index contributed by atoms with van der Waals surface area (Å²) in [5, 5.41) is 5.27. The molecule has 0 aromatic heterocycles. The van der Waals surface area contributed by atoms with Crippen molar-refractivity contribution in [3.8, 4) is 0 Å². The van der Waals surface area contributed by atoms with Gasteiger partial charge in [-0.2, -0.15) is 0 Å². The largest absolute Gasteiger partial charge is 0.326 e. The van der Waals surface area contributed by atoms with E-state index in [4.69, 9.17) is 0 Å². The van der Waals surface area contributed by atoms with E-state index < -0.39 is 0 Å². The van der Waals surface area contributed by atoms with Crippen LogP contribution in [0.1, 0.15) is 37.2 Å². The Labute approximate surface area is 149 Å². The Bertz CT molecular complexity index is 647. The number of nitrogens with zero attached hydrogens (tertiary/aromatic N) is 1. The van der Waals surface area contributed by atoms with Crippen LogP contribution in [0.3, 0.4) is 0 Å². The smallest absolute Gasteiger partial charge is 0.234 e. The van der Waals surface area contributed by atoms with Crippen molar-refractivity contribution < 1.29 is 14.4 Å². The summed E-state index contributed by atoms with van der Waals surface area (Å²) in [6.45, 7) is 1.86. The quantitative estimate of drug-likeness (QED) is 0.606. The number of anilines is 1. The van der Waals surface area contributed by atoms with Crippen LogP contribution in [0, 0.1) is 5.92 Å². The summed E-state index contributed by atoms with van der Waals surface area (Å²) in [4.78, 5) is 35.2. The number of carbonyl (C=O) groups excluding carboxylic acids is 3. The molecule has 2 N–H and O–H groups in total. The Morgan fingerprint density at radius 1 is 1.25 bits per heavy atom. The van der Waals surface area contributed by atoms with E-state index in [1.807, 2.05) is 24.3 Å². The van der Waals surface area contributed by atoms with Gasteiger partial charge in [-0.05, 0) is 36.5 Å². The molecule has 0 saturated carbocycles. The van der Waals surface area contributed by atoms with Gasteiger partial charge < -0.3 is 5.32 Å². The van der Waals surface area contributed by atoms with Crippen molar-refractivity contribution >= 4 is 39.6 Å². The predicted octanol–water partition coefficient (Wildman–Crippen LogP) is 2.17. The molecule has 3 amide bonds. The zero-order valence-electron chi connectivity index (χ0n) is 13.3. The van der Waals surface area contributed by atoms with E-state index in [9.17, 15) is 14.4 Å². The van der Waals surface area contributed by atoms with Crippen molar-refractivity contribution in [1.82, 2.24) is 9.24 Å². The Kier molecular flexibility index (Phi) is 5.30. The second-order valence-corrected chi connectivity index (χ2v) is 7.40. The Hall–Kier alpha value is -1.73. The lowest BCUT2D eigenvalue weighted by molar-refractivity contribution is -0.134. The first-order chi connectivity index (χ1) is 11.5. The highest BCUT2D eigenvalue weighted by molar-refractivity contribution is 9.07. The van der Waals surface area contributed by atoms with Gasteiger partial charge in [0.1, 0.15) is 0 Å². The molecule has 6 nitrogen and oxygen atoms in total. The number of hydrogen-bond acceptors (Lipinski definition) is 4. The number of piperidine rings is 1. The van der Waals surface area contributed by atoms with Crippen LogP contribution >= 0.6 is 16.1 Å². The molecular weight excluding hydrogens is 374 g/mol. The zero-order chi connectivity index (χ0) is 17.1. The molecule has 2 saturated heterocycles. The van der Waals surface area contributed by atoms with Gasteiger partial charge in [0.05, 0.1) is 5.92 Å². The van der Waals surface area contributed by atoms with Crippen molar-refractivity contribution in [1.29, 1.82) is 0 Å². The molecule has 1 unspecified atom stereocenters. The molecule has 2 fully saturated rings. The van der Waals surface area contributed by atoms with Crippen LogP contribution < -0.4 is 10.6 Å². The molecule has 2 heterocycles.